The fraction of sp³-hybridized carbons (Fsp3) is 0.550. The lowest BCUT2D eigenvalue weighted by Gasteiger charge is -2.21. The van der Waals surface area contributed by atoms with Crippen LogP contribution in [0.15, 0.2) is 23.4 Å². The van der Waals surface area contributed by atoms with E-state index >= 15 is 0 Å². The van der Waals surface area contributed by atoms with Crippen LogP contribution in [0.2, 0.25) is 0 Å². The summed E-state index contributed by atoms with van der Waals surface area (Å²) in [5.41, 5.74) is 3.08. The van der Waals surface area contributed by atoms with Crippen LogP contribution < -0.4 is 5.32 Å². The molecule has 1 amide bonds. The van der Waals surface area contributed by atoms with Gasteiger partial charge in [-0.25, -0.2) is 0 Å². The Morgan fingerprint density at radius 2 is 1.88 bits per heavy atom. The Balaban J connectivity index is 1.64. The molecule has 0 radical (unpaired) electrons. The van der Waals surface area contributed by atoms with E-state index in [0.717, 1.165) is 34.3 Å². The van der Waals surface area contributed by atoms with Crippen LogP contribution in [0.25, 0.3) is 0 Å². The summed E-state index contributed by atoms with van der Waals surface area (Å²) in [4.78, 5) is 12.4. The molecule has 0 atom stereocenters. The summed E-state index contributed by atoms with van der Waals surface area (Å²) in [5.74, 6) is 1.97. The first-order valence-corrected chi connectivity index (χ1v) is 10.5. The SMILES string of the molecule is CCn1c(SCC(=O)Nc2c(C)cccc2C)nnc1C1CCCCC1. The number of thioether (sulfide) groups is 1. The van der Waals surface area contributed by atoms with Gasteiger partial charge in [0.1, 0.15) is 5.82 Å². The Morgan fingerprint density at radius 3 is 2.54 bits per heavy atom. The van der Waals surface area contributed by atoms with E-state index in [0.29, 0.717) is 11.7 Å². The molecule has 26 heavy (non-hydrogen) atoms. The lowest BCUT2D eigenvalue weighted by molar-refractivity contribution is -0.113. The van der Waals surface area contributed by atoms with Crippen LogP contribution in [0.4, 0.5) is 5.69 Å². The van der Waals surface area contributed by atoms with Crippen molar-refractivity contribution in [3.8, 4) is 0 Å². The first-order chi connectivity index (χ1) is 12.6. The average Bonchev–Trinajstić information content (AvgIpc) is 3.07. The summed E-state index contributed by atoms with van der Waals surface area (Å²) in [6.07, 6.45) is 6.30. The number of benzene rings is 1. The zero-order valence-electron chi connectivity index (χ0n) is 15.9. The molecule has 0 aliphatic heterocycles. The number of amides is 1. The number of nitrogens with one attached hydrogen (secondary N) is 1. The summed E-state index contributed by atoms with van der Waals surface area (Å²) in [7, 11) is 0. The highest BCUT2D eigenvalue weighted by molar-refractivity contribution is 7.99. The Labute approximate surface area is 160 Å². The lowest BCUT2D eigenvalue weighted by atomic mass is 9.89. The van der Waals surface area contributed by atoms with Gasteiger partial charge in [0.2, 0.25) is 5.91 Å². The predicted molar refractivity (Wildman–Crippen MR) is 107 cm³/mol. The fourth-order valence-corrected chi connectivity index (χ4v) is 4.49. The van der Waals surface area contributed by atoms with Gasteiger partial charge in [-0.15, -0.1) is 10.2 Å². The van der Waals surface area contributed by atoms with Gasteiger partial charge in [-0.3, -0.25) is 4.79 Å². The molecule has 6 heteroatoms. The monoisotopic (exact) mass is 372 g/mol. The molecule has 1 N–H and O–H groups in total. The zero-order valence-corrected chi connectivity index (χ0v) is 16.7. The molecule has 1 aromatic carbocycles. The van der Waals surface area contributed by atoms with Gasteiger partial charge in [-0.05, 0) is 44.7 Å². The van der Waals surface area contributed by atoms with Gasteiger partial charge in [0.15, 0.2) is 5.16 Å². The molecule has 1 saturated carbocycles. The van der Waals surface area contributed by atoms with Crippen LogP contribution in [0.3, 0.4) is 0 Å². The minimum Gasteiger partial charge on any atom is -0.325 e. The number of hydrogen-bond acceptors (Lipinski definition) is 4. The van der Waals surface area contributed by atoms with Crippen molar-refractivity contribution in [1.82, 2.24) is 14.8 Å². The maximum absolute atomic E-state index is 12.4. The van der Waals surface area contributed by atoms with Crippen LogP contribution in [-0.4, -0.2) is 26.4 Å². The Kier molecular flexibility index (Phi) is 6.35. The van der Waals surface area contributed by atoms with Crippen molar-refractivity contribution in [3.05, 3.63) is 35.2 Å². The fourth-order valence-electron chi connectivity index (χ4n) is 3.68. The third kappa shape index (κ3) is 4.29. The number of rotatable bonds is 6. The molecule has 5 nitrogen and oxygen atoms in total. The number of para-hydroxylation sites is 1. The van der Waals surface area contributed by atoms with E-state index in [-0.39, 0.29) is 5.91 Å². The second-order valence-electron chi connectivity index (χ2n) is 7.02. The number of aromatic nitrogens is 3. The minimum absolute atomic E-state index is 0.00253. The lowest BCUT2D eigenvalue weighted by Crippen LogP contribution is -2.16. The number of anilines is 1. The molecule has 1 aromatic heterocycles. The van der Waals surface area contributed by atoms with Crippen molar-refractivity contribution in [3.63, 3.8) is 0 Å². The molecule has 1 aliphatic rings. The van der Waals surface area contributed by atoms with E-state index in [1.807, 2.05) is 32.0 Å². The molecule has 0 unspecified atom stereocenters. The molecule has 0 saturated heterocycles. The van der Waals surface area contributed by atoms with Crippen LogP contribution in [0.5, 0.6) is 0 Å². The van der Waals surface area contributed by atoms with Gasteiger partial charge in [0.25, 0.3) is 0 Å². The second kappa shape index (κ2) is 8.71. The molecule has 1 aliphatic carbocycles. The topological polar surface area (TPSA) is 59.8 Å². The molecule has 0 spiro atoms. The Hall–Kier alpha value is -1.82. The second-order valence-corrected chi connectivity index (χ2v) is 7.97. The van der Waals surface area contributed by atoms with Crippen molar-refractivity contribution in [2.24, 2.45) is 0 Å². The molecule has 1 fully saturated rings. The third-order valence-corrected chi connectivity index (χ3v) is 6.08. The van der Waals surface area contributed by atoms with Crippen LogP contribution >= 0.6 is 11.8 Å². The van der Waals surface area contributed by atoms with E-state index in [9.17, 15) is 4.79 Å². The van der Waals surface area contributed by atoms with Crippen molar-refractivity contribution in [2.75, 3.05) is 11.1 Å². The number of aryl methyl sites for hydroxylation is 2. The Morgan fingerprint density at radius 1 is 1.19 bits per heavy atom. The largest absolute Gasteiger partial charge is 0.325 e. The van der Waals surface area contributed by atoms with E-state index in [4.69, 9.17) is 0 Å². The summed E-state index contributed by atoms with van der Waals surface area (Å²) in [5, 5.41) is 12.7. The number of carbonyl (C=O) groups excluding carboxylic acids is 1. The summed E-state index contributed by atoms with van der Waals surface area (Å²) < 4.78 is 2.19. The van der Waals surface area contributed by atoms with Gasteiger partial charge >= 0.3 is 0 Å². The van der Waals surface area contributed by atoms with Crippen molar-refractivity contribution < 1.29 is 4.79 Å². The van der Waals surface area contributed by atoms with E-state index < -0.39 is 0 Å². The highest BCUT2D eigenvalue weighted by Gasteiger charge is 2.23. The van der Waals surface area contributed by atoms with E-state index in [1.165, 1.54) is 43.9 Å². The van der Waals surface area contributed by atoms with Crippen LogP contribution in [-0.2, 0) is 11.3 Å². The molecule has 3 rings (SSSR count). The molecule has 2 aromatic rings. The molecule has 140 valence electrons. The van der Waals surface area contributed by atoms with Gasteiger partial charge in [0, 0.05) is 18.2 Å². The van der Waals surface area contributed by atoms with Crippen molar-refractivity contribution >= 4 is 23.4 Å². The van der Waals surface area contributed by atoms with Gasteiger partial charge in [-0.1, -0.05) is 49.2 Å². The molecule has 1 heterocycles. The van der Waals surface area contributed by atoms with Crippen molar-refractivity contribution in [2.45, 2.75) is 70.5 Å². The van der Waals surface area contributed by atoms with Crippen molar-refractivity contribution in [1.29, 1.82) is 0 Å². The Bertz CT molecular complexity index is 745. The number of hydrogen-bond donors (Lipinski definition) is 1. The van der Waals surface area contributed by atoms with Gasteiger partial charge < -0.3 is 9.88 Å². The third-order valence-electron chi connectivity index (χ3n) is 5.11. The van der Waals surface area contributed by atoms with Crippen LogP contribution in [0.1, 0.15) is 61.9 Å². The molecular weight excluding hydrogens is 344 g/mol. The van der Waals surface area contributed by atoms with Crippen LogP contribution in [0, 0.1) is 13.8 Å². The molecular formula is C20H28N4OS. The zero-order chi connectivity index (χ0) is 18.5. The van der Waals surface area contributed by atoms with E-state index in [2.05, 4.69) is 27.0 Å². The predicted octanol–water partition coefficient (Wildman–Crippen LogP) is 4.69. The molecule has 0 bridgehead atoms. The first kappa shape index (κ1) is 19.0. The quantitative estimate of drug-likeness (QED) is 0.747. The average molecular weight is 373 g/mol. The first-order valence-electron chi connectivity index (χ1n) is 9.52. The highest BCUT2D eigenvalue weighted by Crippen LogP contribution is 2.33. The van der Waals surface area contributed by atoms with E-state index in [1.54, 1.807) is 0 Å². The maximum atomic E-state index is 12.4. The summed E-state index contributed by atoms with van der Waals surface area (Å²) >= 11 is 1.47. The highest BCUT2D eigenvalue weighted by atomic mass is 32.2. The summed E-state index contributed by atoms with van der Waals surface area (Å²) in [6.45, 7) is 7.00. The summed E-state index contributed by atoms with van der Waals surface area (Å²) in [6, 6.07) is 6.03. The number of nitrogens with zero attached hydrogens (tertiary/aromatic N) is 3. The smallest absolute Gasteiger partial charge is 0.234 e. The minimum atomic E-state index is -0.00253. The van der Waals surface area contributed by atoms with Gasteiger partial charge in [0.05, 0.1) is 5.75 Å². The van der Waals surface area contributed by atoms with Gasteiger partial charge in [-0.2, -0.15) is 0 Å². The number of carbonyl (C=O) groups is 1. The maximum Gasteiger partial charge on any atom is 0.234 e. The normalized spacial score (nSPS) is 15.2. The standard InChI is InChI=1S/C20H28N4OS/c1-4-24-19(16-11-6-5-7-12-16)22-23-20(24)26-13-17(25)21-18-14(2)9-8-10-15(18)3/h8-10,16H,4-7,11-13H2,1-3H3,(H,21,25).